The third-order valence-electron chi connectivity index (χ3n) is 4.88. The number of hydrogen-bond donors (Lipinski definition) is 2. The summed E-state index contributed by atoms with van der Waals surface area (Å²) >= 11 is 0. The van der Waals surface area contributed by atoms with Crippen LogP contribution < -0.4 is 10.1 Å². The molecule has 0 bridgehead atoms. The van der Waals surface area contributed by atoms with E-state index in [1.54, 1.807) is 7.11 Å². The lowest BCUT2D eigenvalue weighted by atomic mass is 10.1. The number of hydrogen-bond acceptors (Lipinski definition) is 4. The molecule has 5 rings (SSSR count). The molecule has 0 unspecified atom stereocenters. The van der Waals surface area contributed by atoms with Gasteiger partial charge in [0.15, 0.2) is 5.82 Å². The Morgan fingerprint density at radius 1 is 1.16 bits per heavy atom. The molecule has 1 aliphatic rings. The zero-order valence-electron chi connectivity index (χ0n) is 14.2. The molecular weight excluding hydrogens is 314 g/mol. The smallest absolute Gasteiger partial charge is 0.160 e. The molecule has 0 atom stereocenters. The lowest BCUT2D eigenvalue weighted by Gasteiger charge is -2.05. The number of rotatable bonds is 4. The fraction of sp³-hybridized carbons (Fsp3) is 0.263. The van der Waals surface area contributed by atoms with Gasteiger partial charge in [0, 0.05) is 29.4 Å². The van der Waals surface area contributed by atoms with Crippen molar-refractivity contribution in [2.75, 3.05) is 12.4 Å². The maximum atomic E-state index is 5.32. The molecule has 2 heterocycles. The Morgan fingerprint density at radius 2 is 2.04 bits per heavy atom. The number of ether oxygens (including phenoxy) is 1. The highest BCUT2D eigenvalue weighted by Crippen LogP contribution is 2.42. The fourth-order valence-electron chi connectivity index (χ4n) is 3.37. The van der Waals surface area contributed by atoms with Gasteiger partial charge in [-0.3, -0.25) is 9.78 Å². The Bertz CT molecular complexity index is 1090. The van der Waals surface area contributed by atoms with Crippen LogP contribution in [0.25, 0.3) is 21.8 Å². The second kappa shape index (κ2) is 5.24. The molecule has 1 aliphatic carbocycles. The van der Waals surface area contributed by atoms with Gasteiger partial charge in [-0.15, -0.1) is 0 Å². The summed E-state index contributed by atoms with van der Waals surface area (Å²) in [6, 6.07) is 12.3. The van der Waals surface area contributed by atoms with Crippen LogP contribution in [-0.2, 0) is 7.05 Å². The number of nitrogens with zero attached hydrogens (tertiary/aromatic N) is 3. The van der Waals surface area contributed by atoms with Gasteiger partial charge in [-0.1, -0.05) is 0 Å². The van der Waals surface area contributed by atoms with E-state index in [1.165, 1.54) is 23.9 Å². The average Bonchev–Trinajstić information content (AvgIpc) is 3.34. The molecule has 2 aromatic heterocycles. The molecule has 4 aromatic rings. The summed E-state index contributed by atoms with van der Waals surface area (Å²) in [7, 11) is 3.68. The minimum Gasteiger partial charge on any atom is -0.497 e. The van der Waals surface area contributed by atoms with Gasteiger partial charge in [0.1, 0.15) is 5.75 Å². The van der Waals surface area contributed by atoms with E-state index in [0.29, 0.717) is 5.92 Å². The number of H-pyrrole nitrogens is 1. The standard InChI is InChI=1S/C19H19N5O/c1-24-17-9-12(5-7-14(17)18(23-24)11-3-4-11)20-19-15-10-13(25-2)6-8-16(15)21-22-19/h5-11H,3-4H2,1-2H3,(H2,20,21,22). The van der Waals surface area contributed by atoms with Gasteiger partial charge in [0.05, 0.1) is 23.8 Å². The number of aryl methyl sites for hydroxylation is 1. The van der Waals surface area contributed by atoms with E-state index in [4.69, 9.17) is 9.84 Å². The Morgan fingerprint density at radius 3 is 2.84 bits per heavy atom. The largest absolute Gasteiger partial charge is 0.497 e. The first-order valence-corrected chi connectivity index (χ1v) is 8.49. The van der Waals surface area contributed by atoms with Gasteiger partial charge in [0.2, 0.25) is 0 Å². The summed E-state index contributed by atoms with van der Waals surface area (Å²) in [5, 5.41) is 17.8. The normalized spacial score (nSPS) is 14.3. The van der Waals surface area contributed by atoms with Crippen molar-refractivity contribution in [1.29, 1.82) is 0 Å². The summed E-state index contributed by atoms with van der Waals surface area (Å²) in [5.74, 6) is 2.25. The van der Waals surface area contributed by atoms with Gasteiger partial charge in [-0.25, -0.2) is 0 Å². The van der Waals surface area contributed by atoms with E-state index in [2.05, 4.69) is 33.7 Å². The molecule has 0 radical (unpaired) electrons. The number of benzene rings is 2. The fourth-order valence-corrected chi connectivity index (χ4v) is 3.37. The third-order valence-corrected chi connectivity index (χ3v) is 4.88. The highest BCUT2D eigenvalue weighted by atomic mass is 16.5. The molecule has 6 heteroatoms. The van der Waals surface area contributed by atoms with Crippen molar-refractivity contribution >= 4 is 33.3 Å². The van der Waals surface area contributed by atoms with Crippen molar-refractivity contribution in [2.45, 2.75) is 18.8 Å². The van der Waals surface area contributed by atoms with Gasteiger partial charge in [-0.05, 0) is 49.2 Å². The lowest BCUT2D eigenvalue weighted by molar-refractivity contribution is 0.415. The van der Waals surface area contributed by atoms with Crippen LogP contribution in [0.1, 0.15) is 24.5 Å². The number of aromatic amines is 1. The zero-order chi connectivity index (χ0) is 17.0. The molecular formula is C19H19N5O. The van der Waals surface area contributed by atoms with Crippen LogP contribution in [-0.4, -0.2) is 27.1 Å². The van der Waals surface area contributed by atoms with Gasteiger partial charge < -0.3 is 10.1 Å². The summed E-state index contributed by atoms with van der Waals surface area (Å²) in [5.41, 5.74) is 4.35. The van der Waals surface area contributed by atoms with Crippen LogP contribution in [0.4, 0.5) is 11.5 Å². The summed E-state index contributed by atoms with van der Waals surface area (Å²) in [4.78, 5) is 0. The third kappa shape index (κ3) is 2.33. The number of anilines is 2. The Kier molecular flexibility index (Phi) is 3.00. The van der Waals surface area contributed by atoms with Crippen molar-refractivity contribution in [3.05, 3.63) is 42.1 Å². The number of nitrogens with one attached hydrogen (secondary N) is 2. The van der Waals surface area contributed by atoms with Gasteiger partial charge in [-0.2, -0.15) is 10.2 Å². The van der Waals surface area contributed by atoms with Crippen molar-refractivity contribution in [3.8, 4) is 5.75 Å². The van der Waals surface area contributed by atoms with Crippen LogP contribution >= 0.6 is 0 Å². The van der Waals surface area contributed by atoms with Crippen LogP contribution in [0.5, 0.6) is 5.75 Å². The molecule has 0 saturated heterocycles. The molecule has 126 valence electrons. The molecule has 25 heavy (non-hydrogen) atoms. The summed E-state index contributed by atoms with van der Waals surface area (Å²) in [6.45, 7) is 0. The summed E-state index contributed by atoms with van der Waals surface area (Å²) < 4.78 is 7.29. The molecule has 2 aromatic carbocycles. The maximum absolute atomic E-state index is 5.32. The van der Waals surface area contributed by atoms with Crippen LogP contribution in [0, 0.1) is 0 Å². The maximum Gasteiger partial charge on any atom is 0.160 e. The molecule has 2 N–H and O–H groups in total. The summed E-state index contributed by atoms with van der Waals surface area (Å²) in [6.07, 6.45) is 2.51. The number of aromatic nitrogens is 4. The predicted molar refractivity (Wildman–Crippen MR) is 98.6 cm³/mol. The molecule has 6 nitrogen and oxygen atoms in total. The Hall–Kier alpha value is -3.02. The second-order valence-electron chi connectivity index (χ2n) is 6.62. The molecule has 0 spiro atoms. The van der Waals surface area contributed by atoms with Crippen molar-refractivity contribution in [1.82, 2.24) is 20.0 Å². The lowest BCUT2D eigenvalue weighted by Crippen LogP contribution is -1.93. The van der Waals surface area contributed by atoms with Crippen LogP contribution in [0.3, 0.4) is 0 Å². The van der Waals surface area contributed by atoms with Gasteiger partial charge in [0.25, 0.3) is 0 Å². The molecule has 1 saturated carbocycles. The van der Waals surface area contributed by atoms with Crippen molar-refractivity contribution < 1.29 is 4.74 Å². The minimum atomic E-state index is 0.644. The topological polar surface area (TPSA) is 67.8 Å². The minimum absolute atomic E-state index is 0.644. The highest BCUT2D eigenvalue weighted by molar-refractivity contribution is 5.93. The highest BCUT2D eigenvalue weighted by Gasteiger charge is 2.28. The first-order chi connectivity index (χ1) is 12.2. The SMILES string of the molecule is COc1ccc2[nH]nc(Nc3ccc4c(C5CC5)nn(C)c4c3)c2c1. The van der Waals surface area contributed by atoms with Gasteiger partial charge >= 0.3 is 0 Å². The van der Waals surface area contributed by atoms with Crippen LogP contribution in [0.2, 0.25) is 0 Å². The number of fused-ring (bicyclic) bond motifs is 2. The first-order valence-electron chi connectivity index (χ1n) is 8.49. The first kappa shape index (κ1) is 14.3. The Labute approximate surface area is 144 Å². The molecule has 0 amide bonds. The predicted octanol–water partition coefficient (Wildman–Crippen LogP) is 4.08. The van der Waals surface area contributed by atoms with E-state index >= 15 is 0 Å². The van der Waals surface area contributed by atoms with Crippen molar-refractivity contribution in [3.63, 3.8) is 0 Å². The molecule has 0 aliphatic heterocycles. The van der Waals surface area contributed by atoms with Crippen molar-refractivity contribution in [2.24, 2.45) is 7.05 Å². The number of methoxy groups -OCH3 is 1. The quantitative estimate of drug-likeness (QED) is 0.590. The second-order valence-corrected chi connectivity index (χ2v) is 6.62. The van der Waals surface area contributed by atoms with E-state index in [9.17, 15) is 0 Å². The molecule has 1 fully saturated rings. The Balaban J connectivity index is 1.54. The van der Waals surface area contributed by atoms with Crippen LogP contribution in [0.15, 0.2) is 36.4 Å². The van der Waals surface area contributed by atoms with E-state index < -0.39 is 0 Å². The average molecular weight is 333 g/mol. The van der Waals surface area contributed by atoms with E-state index in [0.717, 1.165) is 33.7 Å². The zero-order valence-corrected chi connectivity index (χ0v) is 14.2. The van der Waals surface area contributed by atoms with E-state index in [1.807, 2.05) is 29.9 Å². The monoisotopic (exact) mass is 333 g/mol. The van der Waals surface area contributed by atoms with E-state index in [-0.39, 0.29) is 0 Å².